The fourth-order valence-corrected chi connectivity index (χ4v) is 9.81. The maximum absolute atomic E-state index is 3.62. The van der Waals surface area contributed by atoms with Gasteiger partial charge < -0.3 is 9.47 Å². The van der Waals surface area contributed by atoms with E-state index in [1.165, 1.54) is 75.4 Å². The van der Waals surface area contributed by atoms with Crippen LogP contribution in [-0.2, 0) is 0 Å². The highest BCUT2D eigenvalue weighted by Gasteiger charge is 2.20. The van der Waals surface area contributed by atoms with E-state index in [0.717, 1.165) is 27.2 Å². The number of anilines is 3. The van der Waals surface area contributed by atoms with E-state index in [0.29, 0.717) is 0 Å². The molecule has 0 N–H and O–H groups in total. The van der Waals surface area contributed by atoms with Crippen LogP contribution in [0.5, 0.6) is 0 Å². The molecule has 9 aromatic carbocycles. The lowest BCUT2D eigenvalue weighted by molar-refractivity contribution is 1.18. The van der Waals surface area contributed by atoms with E-state index in [1.807, 2.05) is 11.3 Å². The molecule has 2 aromatic heterocycles. The predicted octanol–water partition coefficient (Wildman–Crippen LogP) is 16.4. The van der Waals surface area contributed by atoms with E-state index in [1.54, 1.807) is 0 Å². The Morgan fingerprint density at radius 1 is 0.345 bits per heavy atom. The van der Waals surface area contributed by atoms with Crippen molar-refractivity contribution in [3.05, 3.63) is 217 Å². The van der Waals surface area contributed by atoms with E-state index < -0.39 is 0 Å². The van der Waals surface area contributed by atoms with Crippen LogP contribution in [0.2, 0.25) is 0 Å². The van der Waals surface area contributed by atoms with Gasteiger partial charge in [-0.15, -0.1) is 11.3 Å². The van der Waals surface area contributed by atoms with Crippen molar-refractivity contribution in [2.24, 2.45) is 0 Å². The van der Waals surface area contributed by atoms with Crippen LogP contribution < -0.4 is 4.90 Å². The van der Waals surface area contributed by atoms with E-state index in [9.17, 15) is 0 Å². The van der Waals surface area contributed by atoms with Crippen LogP contribution in [0.25, 0.3) is 81.0 Å². The minimum Gasteiger partial charge on any atom is -0.310 e. The molecule has 0 aliphatic rings. The third-order valence-electron chi connectivity index (χ3n) is 11.3. The minimum absolute atomic E-state index is 1.07. The van der Waals surface area contributed by atoms with Gasteiger partial charge in [0.15, 0.2) is 0 Å². The quantitative estimate of drug-likeness (QED) is 0.155. The molecule has 0 saturated carbocycles. The second kappa shape index (κ2) is 14.3. The van der Waals surface area contributed by atoms with Crippen LogP contribution in [0.1, 0.15) is 0 Å². The molecule has 0 aliphatic heterocycles. The highest BCUT2D eigenvalue weighted by Crippen LogP contribution is 2.44. The third kappa shape index (κ3) is 6.10. The summed E-state index contributed by atoms with van der Waals surface area (Å²) < 4.78 is 6.12. The first-order valence-corrected chi connectivity index (χ1v) is 21.1. The number of hydrogen-bond acceptors (Lipinski definition) is 2. The van der Waals surface area contributed by atoms with Gasteiger partial charge in [0.1, 0.15) is 0 Å². The molecule has 0 unspecified atom stereocenters. The van der Waals surface area contributed by atoms with Gasteiger partial charge in [-0.25, -0.2) is 0 Å². The normalized spacial score (nSPS) is 11.5. The molecule has 2 nitrogen and oxygen atoms in total. The summed E-state index contributed by atoms with van der Waals surface area (Å²) in [5, 5.41) is 5.06. The second-order valence-electron chi connectivity index (χ2n) is 14.7. The minimum atomic E-state index is 1.07. The Morgan fingerprint density at radius 2 is 0.897 bits per heavy atom. The van der Waals surface area contributed by atoms with Gasteiger partial charge in [0.05, 0.1) is 11.0 Å². The lowest BCUT2D eigenvalue weighted by atomic mass is 10.0. The average molecular weight is 824 g/mol. The second-order valence-corrected chi connectivity index (χ2v) is 16.7. The van der Waals surface area contributed by atoms with Crippen molar-refractivity contribution in [1.82, 2.24) is 4.57 Å². The number of halogens is 1. The van der Waals surface area contributed by atoms with E-state index in [4.69, 9.17) is 0 Å². The Kier molecular flexibility index (Phi) is 8.53. The first kappa shape index (κ1) is 34.5. The summed E-state index contributed by atoms with van der Waals surface area (Å²) in [7, 11) is 0. The summed E-state index contributed by atoms with van der Waals surface area (Å²) in [6.45, 7) is 0. The molecule has 0 spiro atoms. The summed E-state index contributed by atoms with van der Waals surface area (Å²) in [4.78, 5) is 2.40. The molecular formula is C54H35BrN2S. The number of benzene rings is 9. The molecule has 11 aromatic rings. The third-order valence-corrected chi connectivity index (χ3v) is 12.9. The molecule has 0 radical (unpaired) electrons. The molecule has 0 amide bonds. The Balaban J connectivity index is 1.12. The van der Waals surface area contributed by atoms with Crippen molar-refractivity contribution < 1.29 is 0 Å². The number of hydrogen-bond donors (Lipinski definition) is 0. The van der Waals surface area contributed by atoms with Gasteiger partial charge in [-0.3, -0.25) is 0 Å². The number of aromatic nitrogens is 1. The van der Waals surface area contributed by atoms with Gasteiger partial charge in [0.25, 0.3) is 0 Å². The zero-order chi connectivity index (χ0) is 38.6. The Labute approximate surface area is 349 Å². The number of nitrogens with zero attached hydrogens (tertiary/aromatic N) is 2. The van der Waals surface area contributed by atoms with Crippen molar-refractivity contribution in [2.45, 2.75) is 0 Å². The van der Waals surface area contributed by atoms with Gasteiger partial charge >= 0.3 is 0 Å². The summed E-state index contributed by atoms with van der Waals surface area (Å²) >= 11 is 5.49. The van der Waals surface area contributed by atoms with Gasteiger partial charge in [0.2, 0.25) is 0 Å². The molecule has 0 aliphatic carbocycles. The van der Waals surface area contributed by atoms with Crippen molar-refractivity contribution >= 4 is 86.3 Å². The number of thiophene rings is 1. The Hall–Kier alpha value is -6.72. The topological polar surface area (TPSA) is 8.17 Å². The number of fused-ring (bicyclic) bond motifs is 6. The molecule has 0 fully saturated rings. The summed E-state index contributed by atoms with van der Waals surface area (Å²) in [5.41, 5.74) is 14.0. The zero-order valence-electron chi connectivity index (χ0n) is 31.4. The first-order valence-electron chi connectivity index (χ1n) is 19.5. The number of rotatable bonds is 7. The van der Waals surface area contributed by atoms with Crippen molar-refractivity contribution in [3.63, 3.8) is 0 Å². The van der Waals surface area contributed by atoms with Gasteiger partial charge in [0, 0.05) is 58.2 Å². The summed E-state index contributed by atoms with van der Waals surface area (Å²) in [6.07, 6.45) is 0. The van der Waals surface area contributed by atoms with Crippen molar-refractivity contribution in [2.75, 3.05) is 4.90 Å². The maximum Gasteiger partial charge on any atom is 0.0555 e. The largest absolute Gasteiger partial charge is 0.310 e. The SMILES string of the molecule is Brc1ccc(-c2cccc(N(c3ccc(-c4ccccc4)cc3)c3ccc4c(c3)c3cc5c(cc3n4-c3ccc(-c4ccccc4)cc3)sc3ccccc35)c2)cc1. The Morgan fingerprint density at radius 3 is 1.62 bits per heavy atom. The van der Waals surface area contributed by atoms with Crippen LogP contribution in [-0.4, -0.2) is 4.57 Å². The van der Waals surface area contributed by atoms with Crippen LogP contribution >= 0.6 is 27.3 Å². The van der Waals surface area contributed by atoms with E-state index >= 15 is 0 Å². The monoisotopic (exact) mass is 822 g/mol. The standard InChI is InChI=1S/C54H35BrN2S/c55-42-24-18-40(19-25-42)41-14-9-15-45(32-41)56(43-26-20-38(21-27-43)36-10-3-1-4-11-36)46-30-31-51-48(33-46)49-34-50-47-16-7-8-17-53(47)58-54(50)35-52(49)57(51)44-28-22-39(23-29-44)37-12-5-2-6-13-37/h1-35H. The smallest absolute Gasteiger partial charge is 0.0555 e. The summed E-state index contributed by atoms with van der Waals surface area (Å²) in [6, 6.07) is 77.2. The van der Waals surface area contributed by atoms with Crippen LogP contribution in [0.3, 0.4) is 0 Å². The lowest BCUT2D eigenvalue weighted by Crippen LogP contribution is -2.10. The average Bonchev–Trinajstić information content (AvgIpc) is 3.81. The first-order chi connectivity index (χ1) is 28.6. The fourth-order valence-electron chi connectivity index (χ4n) is 8.42. The van der Waals surface area contributed by atoms with Gasteiger partial charge in [-0.2, -0.15) is 0 Å². The lowest BCUT2D eigenvalue weighted by Gasteiger charge is -2.26. The highest BCUT2D eigenvalue weighted by molar-refractivity contribution is 9.10. The van der Waals surface area contributed by atoms with E-state index in [-0.39, 0.29) is 0 Å². The van der Waals surface area contributed by atoms with Crippen LogP contribution in [0.4, 0.5) is 17.1 Å². The van der Waals surface area contributed by atoms with Gasteiger partial charge in [-0.05, 0) is 118 Å². The highest BCUT2D eigenvalue weighted by atomic mass is 79.9. The van der Waals surface area contributed by atoms with Crippen molar-refractivity contribution in [1.29, 1.82) is 0 Å². The van der Waals surface area contributed by atoms with Crippen LogP contribution in [0, 0.1) is 0 Å². The maximum atomic E-state index is 3.62. The Bertz CT molecular complexity index is 3260. The fraction of sp³-hybridized carbons (Fsp3) is 0. The molecule has 0 atom stereocenters. The molecule has 58 heavy (non-hydrogen) atoms. The predicted molar refractivity (Wildman–Crippen MR) is 252 cm³/mol. The summed E-state index contributed by atoms with van der Waals surface area (Å²) in [5.74, 6) is 0. The zero-order valence-corrected chi connectivity index (χ0v) is 33.8. The van der Waals surface area contributed by atoms with Gasteiger partial charge in [-0.1, -0.05) is 143 Å². The molecule has 2 heterocycles. The molecule has 0 bridgehead atoms. The van der Waals surface area contributed by atoms with Crippen molar-refractivity contribution in [3.8, 4) is 39.1 Å². The molecule has 11 rings (SSSR count). The molecular weight excluding hydrogens is 789 g/mol. The molecule has 274 valence electrons. The van der Waals surface area contributed by atoms with E-state index in [2.05, 4.69) is 238 Å². The van der Waals surface area contributed by atoms with Crippen LogP contribution in [0.15, 0.2) is 217 Å². The molecule has 4 heteroatoms. The molecule has 0 saturated heterocycles.